The Labute approximate surface area is 80.0 Å². The Morgan fingerprint density at radius 1 is 1.31 bits per heavy atom. The highest BCUT2D eigenvalue weighted by atomic mass is 16.7. The lowest BCUT2D eigenvalue weighted by atomic mass is 10.0. The number of rotatable bonds is 4. The predicted molar refractivity (Wildman–Crippen MR) is 50.6 cm³/mol. The fourth-order valence-electron chi connectivity index (χ4n) is 2.10. The van der Waals surface area contributed by atoms with E-state index in [0.717, 1.165) is 32.2 Å². The fraction of sp³-hybridized carbons (Fsp3) is 1.00. The van der Waals surface area contributed by atoms with Gasteiger partial charge in [-0.3, -0.25) is 0 Å². The van der Waals surface area contributed by atoms with Crippen molar-refractivity contribution in [3.8, 4) is 0 Å². The molecule has 0 saturated carbocycles. The van der Waals surface area contributed by atoms with Crippen LogP contribution >= 0.6 is 0 Å². The summed E-state index contributed by atoms with van der Waals surface area (Å²) in [6.45, 7) is 6.23. The van der Waals surface area contributed by atoms with Crippen LogP contribution in [0.5, 0.6) is 0 Å². The molecule has 0 aromatic heterocycles. The lowest BCUT2D eigenvalue weighted by Gasteiger charge is -2.40. The van der Waals surface area contributed by atoms with Gasteiger partial charge in [0.15, 0.2) is 6.29 Å². The number of nitrogens with zero attached hydrogens (tertiary/aromatic N) is 1. The van der Waals surface area contributed by atoms with Crippen LogP contribution < -0.4 is 0 Å². The van der Waals surface area contributed by atoms with E-state index in [1.807, 2.05) is 0 Å². The van der Waals surface area contributed by atoms with Crippen LogP contribution in [0.2, 0.25) is 0 Å². The predicted octanol–water partition coefficient (Wildman–Crippen LogP) is 1.23. The van der Waals surface area contributed by atoms with Crippen LogP contribution in [0.25, 0.3) is 0 Å². The Kier molecular flexibility index (Phi) is 3.19. The molecule has 0 aromatic rings. The Balaban J connectivity index is 1.61. The van der Waals surface area contributed by atoms with E-state index in [1.54, 1.807) is 0 Å². The minimum atomic E-state index is 0.0816. The summed E-state index contributed by atoms with van der Waals surface area (Å²) in [6.07, 6.45) is 3.78. The second kappa shape index (κ2) is 4.40. The maximum absolute atomic E-state index is 5.39. The van der Waals surface area contributed by atoms with Gasteiger partial charge in [-0.2, -0.15) is 0 Å². The van der Waals surface area contributed by atoms with Crippen LogP contribution in [0, 0.1) is 0 Å². The van der Waals surface area contributed by atoms with Crippen molar-refractivity contribution in [2.45, 2.75) is 38.5 Å². The molecule has 0 aliphatic carbocycles. The third-order valence-electron chi connectivity index (χ3n) is 3.08. The molecule has 2 aliphatic heterocycles. The second-order valence-corrected chi connectivity index (χ2v) is 3.85. The zero-order chi connectivity index (χ0) is 9.10. The van der Waals surface area contributed by atoms with Crippen molar-refractivity contribution in [3.63, 3.8) is 0 Å². The number of hydrogen-bond donors (Lipinski definition) is 0. The zero-order valence-electron chi connectivity index (χ0n) is 8.37. The van der Waals surface area contributed by atoms with E-state index < -0.39 is 0 Å². The van der Waals surface area contributed by atoms with Crippen molar-refractivity contribution in [1.29, 1.82) is 0 Å². The SMILES string of the molecule is CCC1CCN1CCC1OCCO1. The first-order chi connectivity index (χ1) is 6.40. The first kappa shape index (κ1) is 9.44. The molecule has 2 fully saturated rings. The molecule has 0 amide bonds. The van der Waals surface area contributed by atoms with Crippen LogP contribution in [-0.2, 0) is 9.47 Å². The fourth-order valence-corrected chi connectivity index (χ4v) is 2.10. The maximum atomic E-state index is 5.39. The molecule has 1 atom stereocenters. The lowest BCUT2D eigenvalue weighted by molar-refractivity contribution is -0.0591. The largest absolute Gasteiger partial charge is 0.350 e. The van der Waals surface area contributed by atoms with Crippen molar-refractivity contribution in [2.24, 2.45) is 0 Å². The summed E-state index contributed by atoms with van der Waals surface area (Å²) >= 11 is 0. The maximum Gasteiger partial charge on any atom is 0.159 e. The highest BCUT2D eigenvalue weighted by Crippen LogP contribution is 2.21. The average Bonchev–Trinajstić information content (AvgIpc) is 2.56. The van der Waals surface area contributed by atoms with Gasteiger partial charge in [-0.1, -0.05) is 6.92 Å². The van der Waals surface area contributed by atoms with Gasteiger partial charge in [0.1, 0.15) is 0 Å². The summed E-state index contributed by atoms with van der Waals surface area (Å²) < 4.78 is 10.8. The first-order valence-corrected chi connectivity index (χ1v) is 5.37. The number of likely N-dealkylation sites (tertiary alicyclic amines) is 1. The summed E-state index contributed by atoms with van der Waals surface area (Å²) in [5.74, 6) is 0. The Bertz CT molecular complexity index is 155. The van der Waals surface area contributed by atoms with Crippen LogP contribution in [0.4, 0.5) is 0 Å². The Morgan fingerprint density at radius 2 is 2.08 bits per heavy atom. The molecule has 1 unspecified atom stereocenters. The number of ether oxygens (including phenoxy) is 2. The van der Waals surface area contributed by atoms with Gasteiger partial charge in [0, 0.05) is 19.0 Å². The Morgan fingerprint density at radius 3 is 2.62 bits per heavy atom. The standard InChI is InChI=1S/C10H19NO2/c1-2-9-3-5-11(9)6-4-10-12-7-8-13-10/h9-10H,2-8H2,1H3. The van der Waals surface area contributed by atoms with E-state index in [-0.39, 0.29) is 6.29 Å². The normalized spacial score (nSPS) is 30.7. The Hall–Kier alpha value is -0.120. The van der Waals surface area contributed by atoms with Crippen LogP contribution in [0.1, 0.15) is 26.2 Å². The van der Waals surface area contributed by atoms with Gasteiger partial charge < -0.3 is 14.4 Å². The molecular formula is C10H19NO2. The zero-order valence-corrected chi connectivity index (χ0v) is 8.37. The highest BCUT2D eigenvalue weighted by molar-refractivity contribution is 4.81. The summed E-state index contributed by atoms with van der Waals surface area (Å²) in [6, 6.07) is 0.835. The quantitative estimate of drug-likeness (QED) is 0.657. The molecule has 0 bridgehead atoms. The molecule has 2 rings (SSSR count). The lowest BCUT2D eigenvalue weighted by Crippen LogP contribution is -2.48. The minimum absolute atomic E-state index is 0.0816. The molecule has 2 saturated heterocycles. The minimum Gasteiger partial charge on any atom is -0.350 e. The monoisotopic (exact) mass is 185 g/mol. The van der Waals surface area contributed by atoms with Crippen molar-refractivity contribution >= 4 is 0 Å². The van der Waals surface area contributed by atoms with Gasteiger partial charge in [-0.25, -0.2) is 0 Å². The van der Waals surface area contributed by atoms with Gasteiger partial charge in [0.2, 0.25) is 0 Å². The van der Waals surface area contributed by atoms with E-state index in [1.165, 1.54) is 19.4 Å². The smallest absolute Gasteiger partial charge is 0.159 e. The molecule has 0 N–H and O–H groups in total. The first-order valence-electron chi connectivity index (χ1n) is 5.37. The van der Waals surface area contributed by atoms with Crippen molar-refractivity contribution in [2.75, 3.05) is 26.3 Å². The second-order valence-electron chi connectivity index (χ2n) is 3.85. The van der Waals surface area contributed by atoms with Gasteiger partial charge in [0.05, 0.1) is 13.2 Å². The molecule has 0 aromatic carbocycles. The van der Waals surface area contributed by atoms with Crippen molar-refractivity contribution < 1.29 is 9.47 Å². The molecule has 0 spiro atoms. The van der Waals surface area contributed by atoms with Gasteiger partial charge in [0.25, 0.3) is 0 Å². The molecule has 13 heavy (non-hydrogen) atoms. The topological polar surface area (TPSA) is 21.7 Å². The van der Waals surface area contributed by atoms with Crippen molar-refractivity contribution in [3.05, 3.63) is 0 Å². The summed E-state index contributed by atoms with van der Waals surface area (Å²) in [7, 11) is 0. The molecule has 0 radical (unpaired) electrons. The van der Waals surface area contributed by atoms with Crippen molar-refractivity contribution in [1.82, 2.24) is 4.90 Å². The molecule has 76 valence electrons. The molecule has 3 heteroatoms. The molecule has 3 nitrogen and oxygen atoms in total. The molecular weight excluding hydrogens is 166 g/mol. The van der Waals surface area contributed by atoms with Gasteiger partial charge in [-0.15, -0.1) is 0 Å². The van der Waals surface area contributed by atoms with Crippen LogP contribution in [0.3, 0.4) is 0 Å². The third-order valence-corrected chi connectivity index (χ3v) is 3.08. The summed E-state index contributed by atoms with van der Waals surface area (Å²) in [5.41, 5.74) is 0. The molecule has 2 aliphatic rings. The van der Waals surface area contributed by atoms with Gasteiger partial charge in [-0.05, 0) is 19.4 Å². The van der Waals surface area contributed by atoms with E-state index in [4.69, 9.17) is 9.47 Å². The highest BCUT2D eigenvalue weighted by Gasteiger charge is 2.27. The number of hydrogen-bond acceptors (Lipinski definition) is 3. The average molecular weight is 185 g/mol. The summed E-state index contributed by atoms with van der Waals surface area (Å²) in [4.78, 5) is 2.53. The third kappa shape index (κ3) is 2.22. The van der Waals surface area contributed by atoms with Gasteiger partial charge >= 0.3 is 0 Å². The van der Waals surface area contributed by atoms with E-state index in [9.17, 15) is 0 Å². The van der Waals surface area contributed by atoms with E-state index >= 15 is 0 Å². The van der Waals surface area contributed by atoms with E-state index in [0.29, 0.717) is 0 Å². The summed E-state index contributed by atoms with van der Waals surface area (Å²) in [5, 5.41) is 0. The van der Waals surface area contributed by atoms with Crippen LogP contribution in [0.15, 0.2) is 0 Å². The van der Waals surface area contributed by atoms with Crippen LogP contribution in [-0.4, -0.2) is 43.5 Å². The van der Waals surface area contributed by atoms with E-state index in [2.05, 4.69) is 11.8 Å². The molecule has 2 heterocycles.